The zero-order valence-electron chi connectivity index (χ0n) is 10.1. The van der Waals surface area contributed by atoms with Gasteiger partial charge in [-0.1, -0.05) is 0 Å². The molecule has 1 aliphatic rings. The van der Waals surface area contributed by atoms with Gasteiger partial charge in [-0.25, -0.2) is 0 Å². The molecule has 1 heterocycles. The minimum absolute atomic E-state index is 0.350. The Morgan fingerprint density at radius 1 is 1.07 bits per heavy atom. The second-order valence-electron chi connectivity index (χ2n) is 4.39. The monoisotopic (exact) mass is 215 g/mol. The summed E-state index contributed by atoms with van der Waals surface area (Å²) in [6.45, 7) is 12.5. The summed E-state index contributed by atoms with van der Waals surface area (Å²) in [7, 11) is 0. The van der Waals surface area contributed by atoms with Crippen LogP contribution < -0.4 is 5.73 Å². The second-order valence-corrected chi connectivity index (χ2v) is 4.39. The fourth-order valence-corrected chi connectivity index (χ4v) is 1.84. The van der Waals surface area contributed by atoms with Gasteiger partial charge in [-0.15, -0.1) is 0 Å². The highest BCUT2D eigenvalue weighted by atomic mass is 16.5. The Kier molecular flexibility index (Phi) is 6.17. The average Bonchev–Trinajstić information content (AvgIpc) is 2.20. The summed E-state index contributed by atoms with van der Waals surface area (Å²) in [5.41, 5.74) is 5.53. The first kappa shape index (κ1) is 12.9. The first-order valence-corrected chi connectivity index (χ1v) is 5.98. The summed E-state index contributed by atoms with van der Waals surface area (Å²) in [5.74, 6) is 0. The third kappa shape index (κ3) is 5.47. The predicted molar refractivity (Wildman–Crippen MR) is 63.0 cm³/mol. The highest BCUT2D eigenvalue weighted by molar-refractivity contribution is 4.71. The fraction of sp³-hybridized carbons (Fsp3) is 1.00. The largest absolute Gasteiger partial charge is 0.377 e. The lowest BCUT2D eigenvalue weighted by atomic mass is 10.3. The Morgan fingerprint density at radius 3 is 2.07 bits per heavy atom. The van der Waals surface area contributed by atoms with E-state index in [1.54, 1.807) is 0 Å². The number of nitrogens with zero attached hydrogens (tertiary/aromatic N) is 2. The molecule has 15 heavy (non-hydrogen) atoms. The van der Waals surface area contributed by atoms with Crippen molar-refractivity contribution in [1.82, 2.24) is 9.80 Å². The van der Waals surface area contributed by atoms with E-state index in [0.717, 1.165) is 52.4 Å². The van der Waals surface area contributed by atoms with Crippen molar-refractivity contribution < 1.29 is 4.74 Å². The molecule has 1 saturated heterocycles. The number of piperazine rings is 1. The van der Waals surface area contributed by atoms with E-state index in [2.05, 4.69) is 23.6 Å². The molecule has 0 unspecified atom stereocenters. The summed E-state index contributed by atoms with van der Waals surface area (Å²) in [6.07, 6.45) is 0.350. The molecule has 0 bridgehead atoms. The molecule has 0 spiro atoms. The van der Waals surface area contributed by atoms with Gasteiger partial charge in [0.2, 0.25) is 0 Å². The quantitative estimate of drug-likeness (QED) is 0.676. The SMILES string of the molecule is CC(C)OCCN1CCN(CCN)CC1. The maximum atomic E-state index is 5.54. The van der Waals surface area contributed by atoms with Gasteiger partial charge in [-0.2, -0.15) is 0 Å². The average molecular weight is 215 g/mol. The van der Waals surface area contributed by atoms with Crippen molar-refractivity contribution in [2.75, 3.05) is 52.4 Å². The van der Waals surface area contributed by atoms with Gasteiger partial charge >= 0.3 is 0 Å². The normalized spacial score (nSPS) is 20.0. The minimum atomic E-state index is 0.350. The standard InChI is InChI=1S/C11H25N3O/c1-11(2)15-10-9-14-7-5-13(4-3-12)6-8-14/h11H,3-10,12H2,1-2H3. The van der Waals surface area contributed by atoms with Crippen molar-refractivity contribution in [2.45, 2.75) is 20.0 Å². The van der Waals surface area contributed by atoms with Crippen molar-refractivity contribution in [1.29, 1.82) is 0 Å². The molecular weight excluding hydrogens is 190 g/mol. The van der Waals surface area contributed by atoms with Crippen molar-refractivity contribution in [3.05, 3.63) is 0 Å². The Labute approximate surface area is 93.4 Å². The maximum absolute atomic E-state index is 5.54. The van der Waals surface area contributed by atoms with Crippen molar-refractivity contribution in [3.8, 4) is 0 Å². The Balaban J connectivity index is 2.04. The number of hydrogen-bond donors (Lipinski definition) is 1. The summed E-state index contributed by atoms with van der Waals surface area (Å²) in [6, 6.07) is 0. The molecule has 0 radical (unpaired) electrons. The molecule has 4 nitrogen and oxygen atoms in total. The van der Waals surface area contributed by atoms with E-state index in [1.165, 1.54) is 0 Å². The van der Waals surface area contributed by atoms with E-state index in [9.17, 15) is 0 Å². The van der Waals surface area contributed by atoms with Crippen LogP contribution in [-0.2, 0) is 4.74 Å². The summed E-state index contributed by atoms with van der Waals surface area (Å²) in [4.78, 5) is 4.90. The van der Waals surface area contributed by atoms with Gasteiger partial charge in [0.1, 0.15) is 0 Å². The van der Waals surface area contributed by atoms with Crippen molar-refractivity contribution in [3.63, 3.8) is 0 Å². The minimum Gasteiger partial charge on any atom is -0.377 e. The fourth-order valence-electron chi connectivity index (χ4n) is 1.84. The van der Waals surface area contributed by atoms with Crippen LogP contribution in [0.15, 0.2) is 0 Å². The highest BCUT2D eigenvalue weighted by Crippen LogP contribution is 2.00. The molecule has 0 saturated carbocycles. The van der Waals surface area contributed by atoms with Gasteiger partial charge in [-0.3, -0.25) is 9.80 Å². The lowest BCUT2D eigenvalue weighted by Gasteiger charge is -2.34. The molecular formula is C11H25N3O. The first-order chi connectivity index (χ1) is 7.22. The summed E-state index contributed by atoms with van der Waals surface area (Å²) >= 11 is 0. The van der Waals surface area contributed by atoms with Crippen LogP contribution in [0.25, 0.3) is 0 Å². The van der Waals surface area contributed by atoms with Gasteiger partial charge in [0.15, 0.2) is 0 Å². The van der Waals surface area contributed by atoms with Crippen LogP contribution in [0.1, 0.15) is 13.8 Å². The molecule has 0 atom stereocenters. The second kappa shape index (κ2) is 7.17. The summed E-state index contributed by atoms with van der Waals surface area (Å²) in [5, 5.41) is 0. The molecule has 2 N–H and O–H groups in total. The van der Waals surface area contributed by atoms with E-state index in [4.69, 9.17) is 10.5 Å². The lowest BCUT2D eigenvalue weighted by molar-refractivity contribution is 0.0452. The zero-order chi connectivity index (χ0) is 11.1. The summed E-state index contributed by atoms with van der Waals surface area (Å²) < 4.78 is 5.54. The number of hydrogen-bond acceptors (Lipinski definition) is 4. The lowest BCUT2D eigenvalue weighted by Crippen LogP contribution is -2.48. The molecule has 0 aromatic carbocycles. The van der Waals surface area contributed by atoms with Crippen LogP contribution in [0.3, 0.4) is 0 Å². The molecule has 4 heteroatoms. The van der Waals surface area contributed by atoms with Gasteiger partial charge in [0, 0.05) is 45.8 Å². The molecule has 90 valence electrons. The third-order valence-electron chi connectivity index (χ3n) is 2.77. The van der Waals surface area contributed by atoms with Crippen LogP contribution >= 0.6 is 0 Å². The predicted octanol–water partition coefficient (Wildman–Crippen LogP) is -0.0123. The van der Waals surface area contributed by atoms with E-state index in [1.807, 2.05) is 0 Å². The van der Waals surface area contributed by atoms with Crippen molar-refractivity contribution in [2.24, 2.45) is 5.73 Å². The first-order valence-electron chi connectivity index (χ1n) is 5.98. The highest BCUT2D eigenvalue weighted by Gasteiger charge is 2.15. The smallest absolute Gasteiger partial charge is 0.0596 e. The zero-order valence-corrected chi connectivity index (χ0v) is 10.1. The van der Waals surface area contributed by atoms with Crippen LogP contribution in [0.2, 0.25) is 0 Å². The van der Waals surface area contributed by atoms with Gasteiger partial charge in [0.25, 0.3) is 0 Å². The molecule has 0 aromatic heterocycles. The van der Waals surface area contributed by atoms with Gasteiger partial charge < -0.3 is 10.5 Å². The molecule has 0 amide bonds. The molecule has 0 aliphatic carbocycles. The number of ether oxygens (including phenoxy) is 1. The van der Waals surface area contributed by atoms with Crippen LogP contribution in [0.5, 0.6) is 0 Å². The number of rotatable bonds is 6. The van der Waals surface area contributed by atoms with E-state index < -0.39 is 0 Å². The van der Waals surface area contributed by atoms with Crippen LogP contribution in [-0.4, -0.2) is 68.3 Å². The number of nitrogens with two attached hydrogens (primary N) is 1. The molecule has 1 rings (SSSR count). The van der Waals surface area contributed by atoms with E-state index >= 15 is 0 Å². The third-order valence-corrected chi connectivity index (χ3v) is 2.77. The van der Waals surface area contributed by atoms with Crippen LogP contribution in [0, 0.1) is 0 Å². The molecule has 1 fully saturated rings. The van der Waals surface area contributed by atoms with Gasteiger partial charge in [-0.05, 0) is 13.8 Å². The van der Waals surface area contributed by atoms with Crippen molar-refractivity contribution >= 4 is 0 Å². The topological polar surface area (TPSA) is 41.7 Å². The molecule has 0 aromatic rings. The molecule has 1 aliphatic heterocycles. The Hall–Kier alpha value is -0.160. The van der Waals surface area contributed by atoms with Gasteiger partial charge in [0.05, 0.1) is 12.7 Å². The van der Waals surface area contributed by atoms with E-state index in [-0.39, 0.29) is 0 Å². The maximum Gasteiger partial charge on any atom is 0.0596 e. The Morgan fingerprint density at radius 2 is 1.60 bits per heavy atom. The Bertz CT molecular complexity index is 156. The van der Waals surface area contributed by atoms with E-state index in [0.29, 0.717) is 6.10 Å². The van der Waals surface area contributed by atoms with Crippen LogP contribution in [0.4, 0.5) is 0 Å².